The van der Waals surface area contributed by atoms with Crippen LogP contribution in [0.1, 0.15) is 64.2 Å². The Balaban J connectivity index is 1.54. The third-order valence-electron chi connectivity index (χ3n) is 5.83. The molecule has 2 unspecified atom stereocenters. The van der Waals surface area contributed by atoms with Crippen LogP contribution in [0.4, 0.5) is 0 Å². The molecule has 1 heterocycles. The first-order valence-corrected chi connectivity index (χ1v) is 9.56. The van der Waals surface area contributed by atoms with Crippen molar-refractivity contribution in [3.63, 3.8) is 0 Å². The molecule has 3 fully saturated rings. The van der Waals surface area contributed by atoms with Gasteiger partial charge in [0, 0.05) is 16.8 Å². The molecule has 0 aromatic rings. The topological polar surface area (TPSA) is 20.3 Å². The molecule has 2 atom stereocenters. The molecule has 1 aliphatic heterocycles. The van der Waals surface area contributed by atoms with E-state index in [1.54, 1.807) is 0 Å². The van der Waals surface area contributed by atoms with Crippen LogP contribution in [0.15, 0.2) is 0 Å². The minimum absolute atomic E-state index is 0.354. The van der Waals surface area contributed by atoms with Gasteiger partial charge in [0.1, 0.15) is 5.78 Å². The number of halogens is 1. The number of rotatable bonds is 3. The maximum atomic E-state index is 12.6. The van der Waals surface area contributed by atoms with E-state index in [4.69, 9.17) is 0 Å². The van der Waals surface area contributed by atoms with Gasteiger partial charge >= 0.3 is 0 Å². The molecular weight excluding hydrogens is 314 g/mol. The zero-order valence-electron chi connectivity index (χ0n) is 12.5. The van der Waals surface area contributed by atoms with Crippen molar-refractivity contribution < 1.29 is 4.79 Å². The minimum Gasteiger partial charge on any atom is -0.298 e. The number of fused-ring (bicyclic) bond motifs is 1. The van der Waals surface area contributed by atoms with Gasteiger partial charge in [-0.05, 0) is 63.8 Å². The van der Waals surface area contributed by atoms with Gasteiger partial charge in [0.05, 0.1) is 6.54 Å². The highest BCUT2D eigenvalue weighted by Gasteiger charge is 2.35. The highest BCUT2D eigenvalue weighted by atomic mass is 79.9. The Hall–Kier alpha value is 0.110. The van der Waals surface area contributed by atoms with E-state index in [-0.39, 0.29) is 0 Å². The molecule has 0 spiro atoms. The summed E-state index contributed by atoms with van der Waals surface area (Å²) >= 11 is 3.69. The normalized spacial score (nSPS) is 39.2. The number of carbonyl (C=O) groups is 1. The van der Waals surface area contributed by atoms with Crippen LogP contribution in [-0.2, 0) is 4.79 Å². The van der Waals surface area contributed by atoms with Crippen LogP contribution in [0.2, 0.25) is 0 Å². The Morgan fingerprint density at radius 2 is 1.65 bits per heavy atom. The average molecular weight is 342 g/mol. The molecule has 2 nitrogen and oxygen atoms in total. The second-order valence-electron chi connectivity index (χ2n) is 7.14. The van der Waals surface area contributed by atoms with Crippen LogP contribution in [0.5, 0.6) is 0 Å². The van der Waals surface area contributed by atoms with Crippen LogP contribution in [0, 0.1) is 11.8 Å². The molecule has 0 bridgehead atoms. The Morgan fingerprint density at radius 1 is 0.950 bits per heavy atom. The lowest BCUT2D eigenvalue weighted by Gasteiger charge is -2.44. The first-order valence-electron chi connectivity index (χ1n) is 8.65. The Bertz CT molecular complexity index is 336. The molecule has 1 saturated heterocycles. The molecule has 3 rings (SSSR count). The fraction of sp³-hybridized carbons (Fsp3) is 0.941. The van der Waals surface area contributed by atoms with Crippen molar-refractivity contribution in [3.05, 3.63) is 0 Å². The second kappa shape index (κ2) is 6.91. The van der Waals surface area contributed by atoms with Crippen molar-refractivity contribution in [3.8, 4) is 0 Å². The van der Waals surface area contributed by atoms with E-state index in [1.165, 1.54) is 57.9 Å². The van der Waals surface area contributed by atoms with Crippen molar-refractivity contribution in [2.45, 2.75) is 75.1 Å². The fourth-order valence-electron chi connectivity index (χ4n) is 4.63. The quantitative estimate of drug-likeness (QED) is 0.718. The Morgan fingerprint density at radius 3 is 2.45 bits per heavy atom. The Kier molecular flexibility index (Phi) is 5.19. The number of alkyl halides is 1. The molecule has 0 aromatic heterocycles. The first kappa shape index (κ1) is 15.0. The maximum Gasteiger partial charge on any atom is 0.149 e. The summed E-state index contributed by atoms with van der Waals surface area (Å²) in [5.41, 5.74) is 0. The Labute approximate surface area is 131 Å². The van der Waals surface area contributed by atoms with E-state index in [0.717, 1.165) is 31.3 Å². The van der Waals surface area contributed by atoms with Crippen molar-refractivity contribution in [2.75, 3.05) is 13.1 Å². The van der Waals surface area contributed by atoms with Gasteiger partial charge in [0.25, 0.3) is 0 Å². The third kappa shape index (κ3) is 3.47. The molecular formula is C17H28BrNO. The predicted molar refractivity (Wildman–Crippen MR) is 86.2 cm³/mol. The highest BCUT2D eigenvalue weighted by Crippen LogP contribution is 2.36. The fourth-order valence-corrected chi connectivity index (χ4v) is 5.16. The number of likely N-dealkylation sites (tertiary alicyclic amines) is 1. The van der Waals surface area contributed by atoms with E-state index in [2.05, 4.69) is 20.8 Å². The van der Waals surface area contributed by atoms with Gasteiger partial charge in [-0.1, -0.05) is 28.8 Å². The smallest absolute Gasteiger partial charge is 0.149 e. The van der Waals surface area contributed by atoms with Crippen LogP contribution in [-0.4, -0.2) is 34.6 Å². The lowest BCUT2D eigenvalue weighted by molar-refractivity contribution is -0.126. The lowest BCUT2D eigenvalue weighted by atomic mass is 9.78. The summed E-state index contributed by atoms with van der Waals surface area (Å²) in [5, 5.41) is 0. The van der Waals surface area contributed by atoms with Crippen molar-refractivity contribution in [2.24, 2.45) is 11.8 Å². The van der Waals surface area contributed by atoms with E-state index in [9.17, 15) is 4.79 Å². The van der Waals surface area contributed by atoms with Gasteiger partial charge in [0.15, 0.2) is 0 Å². The summed E-state index contributed by atoms with van der Waals surface area (Å²) in [4.78, 5) is 15.8. The molecule has 114 valence electrons. The lowest BCUT2D eigenvalue weighted by Crippen LogP contribution is -2.49. The van der Waals surface area contributed by atoms with Gasteiger partial charge in [0.2, 0.25) is 0 Å². The van der Waals surface area contributed by atoms with Crippen molar-refractivity contribution >= 4 is 21.7 Å². The standard InChI is InChI=1S/C17H28BrNO/c18-15-9-7-14(8-10-15)17(20)12-19-11-3-5-13-4-1-2-6-16(13)19/h13-16H,1-12H2. The molecule has 2 saturated carbocycles. The van der Waals surface area contributed by atoms with E-state index < -0.39 is 0 Å². The second-order valence-corrected chi connectivity index (χ2v) is 8.43. The largest absolute Gasteiger partial charge is 0.298 e. The first-order chi connectivity index (χ1) is 9.74. The number of carbonyl (C=O) groups excluding carboxylic acids is 1. The molecule has 0 amide bonds. The van der Waals surface area contributed by atoms with Gasteiger partial charge in [-0.3, -0.25) is 9.69 Å². The molecule has 0 aromatic carbocycles. The molecule has 3 heteroatoms. The van der Waals surface area contributed by atoms with Gasteiger partial charge < -0.3 is 0 Å². The summed E-state index contributed by atoms with van der Waals surface area (Å²) in [7, 11) is 0. The van der Waals surface area contributed by atoms with E-state index >= 15 is 0 Å². The number of nitrogens with zero attached hydrogens (tertiary/aromatic N) is 1. The molecule has 20 heavy (non-hydrogen) atoms. The number of hydrogen-bond donors (Lipinski definition) is 0. The number of ketones is 1. The van der Waals surface area contributed by atoms with Crippen LogP contribution in [0.3, 0.4) is 0 Å². The summed E-state index contributed by atoms with van der Waals surface area (Å²) < 4.78 is 0. The number of hydrogen-bond acceptors (Lipinski definition) is 2. The predicted octanol–water partition coefficient (Wildman–Crippen LogP) is 4.16. The van der Waals surface area contributed by atoms with E-state index in [0.29, 0.717) is 16.5 Å². The zero-order valence-corrected chi connectivity index (χ0v) is 14.1. The van der Waals surface area contributed by atoms with E-state index in [1.807, 2.05) is 0 Å². The molecule has 3 aliphatic rings. The third-order valence-corrected chi connectivity index (χ3v) is 6.74. The monoisotopic (exact) mass is 341 g/mol. The van der Waals surface area contributed by atoms with Crippen LogP contribution in [0.25, 0.3) is 0 Å². The molecule has 0 radical (unpaired) electrons. The minimum atomic E-state index is 0.354. The highest BCUT2D eigenvalue weighted by molar-refractivity contribution is 9.09. The van der Waals surface area contributed by atoms with Crippen LogP contribution < -0.4 is 0 Å². The maximum absolute atomic E-state index is 12.6. The number of Topliss-reactive ketones (excluding diaryl/α,β-unsaturated/α-hetero) is 1. The zero-order chi connectivity index (χ0) is 13.9. The van der Waals surface area contributed by atoms with Gasteiger partial charge in [-0.25, -0.2) is 0 Å². The molecule has 2 aliphatic carbocycles. The summed E-state index contributed by atoms with van der Waals surface area (Å²) in [6.07, 6.45) is 12.8. The van der Waals surface area contributed by atoms with Crippen LogP contribution >= 0.6 is 15.9 Å². The van der Waals surface area contributed by atoms with Gasteiger partial charge in [-0.15, -0.1) is 0 Å². The van der Waals surface area contributed by atoms with Crippen molar-refractivity contribution in [1.29, 1.82) is 0 Å². The molecule has 0 N–H and O–H groups in total. The average Bonchev–Trinajstić information content (AvgIpc) is 2.48. The summed E-state index contributed by atoms with van der Waals surface area (Å²) in [5.74, 6) is 1.78. The SMILES string of the molecule is O=C(CN1CCCC2CCCCC21)C1CCC(Br)CC1. The van der Waals surface area contributed by atoms with Gasteiger partial charge in [-0.2, -0.15) is 0 Å². The number of piperidine rings is 1. The van der Waals surface area contributed by atoms with Crippen molar-refractivity contribution in [1.82, 2.24) is 4.90 Å². The summed E-state index contributed by atoms with van der Waals surface area (Å²) in [6.45, 7) is 1.92. The summed E-state index contributed by atoms with van der Waals surface area (Å²) in [6, 6.07) is 0.731.